The van der Waals surface area contributed by atoms with Gasteiger partial charge in [0.15, 0.2) is 17.3 Å². The van der Waals surface area contributed by atoms with Crippen LogP contribution < -0.4 is 14.8 Å². The fourth-order valence-electron chi connectivity index (χ4n) is 2.06. The van der Waals surface area contributed by atoms with E-state index < -0.39 is 0 Å². The molecule has 2 aromatic rings. The van der Waals surface area contributed by atoms with Crippen LogP contribution in [0, 0.1) is 0 Å². The van der Waals surface area contributed by atoms with Crippen LogP contribution in [-0.4, -0.2) is 18.5 Å². The summed E-state index contributed by atoms with van der Waals surface area (Å²) in [6, 6.07) is 7.69. The molecule has 6 nitrogen and oxygen atoms in total. The van der Waals surface area contributed by atoms with E-state index in [4.69, 9.17) is 18.7 Å². The maximum Gasteiger partial charge on any atom is 0.231 e. The fraction of sp³-hybridized carbons (Fsp3) is 0.400. The van der Waals surface area contributed by atoms with Gasteiger partial charge < -0.3 is 24.1 Å². The van der Waals surface area contributed by atoms with Gasteiger partial charge in [0.1, 0.15) is 6.61 Å². The molecule has 0 radical (unpaired) electrons. The molecule has 112 valence electrons. The Balaban J connectivity index is 1.48. The van der Waals surface area contributed by atoms with Gasteiger partial charge in [0.25, 0.3) is 0 Å². The number of fused-ring (bicyclic) bond motifs is 1. The Labute approximate surface area is 123 Å². The number of hydrogen-bond donors (Lipinski definition) is 1. The minimum absolute atomic E-state index is 0.284. The van der Waals surface area contributed by atoms with Gasteiger partial charge in [-0.25, -0.2) is 0 Å². The Morgan fingerprint density at radius 1 is 1.19 bits per heavy atom. The zero-order valence-electron chi connectivity index (χ0n) is 11.9. The van der Waals surface area contributed by atoms with E-state index in [-0.39, 0.29) is 6.79 Å². The van der Waals surface area contributed by atoms with Crippen LogP contribution in [0.4, 0.5) is 0 Å². The first kappa shape index (κ1) is 13.9. The molecule has 1 aromatic heterocycles. The van der Waals surface area contributed by atoms with Gasteiger partial charge in [-0.3, -0.25) is 0 Å². The Hall–Kier alpha value is -2.05. The second-order valence-corrected chi connectivity index (χ2v) is 4.75. The van der Waals surface area contributed by atoms with E-state index in [9.17, 15) is 0 Å². The van der Waals surface area contributed by atoms with Crippen LogP contribution in [-0.2, 0) is 24.5 Å². The molecule has 0 unspecified atom stereocenters. The minimum atomic E-state index is 0.284. The number of aromatic nitrogens is 1. The van der Waals surface area contributed by atoms with E-state index >= 15 is 0 Å². The topological polar surface area (TPSA) is 65.8 Å². The van der Waals surface area contributed by atoms with Crippen molar-refractivity contribution in [1.29, 1.82) is 0 Å². The van der Waals surface area contributed by atoms with Gasteiger partial charge in [-0.05, 0) is 24.2 Å². The van der Waals surface area contributed by atoms with Crippen LogP contribution in [0.3, 0.4) is 0 Å². The molecular formula is C15H18N2O4. The normalized spacial score (nSPS) is 12.8. The van der Waals surface area contributed by atoms with Crippen molar-refractivity contribution < 1.29 is 18.7 Å². The van der Waals surface area contributed by atoms with E-state index in [0.29, 0.717) is 19.8 Å². The van der Waals surface area contributed by atoms with E-state index in [2.05, 4.69) is 17.4 Å². The predicted molar refractivity (Wildman–Crippen MR) is 74.9 cm³/mol. The van der Waals surface area contributed by atoms with Crippen molar-refractivity contribution in [3.63, 3.8) is 0 Å². The van der Waals surface area contributed by atoms with Gasteiger partial charge in [0, 0.05) is 12.6 Å². The Morgan fingerprint density at radius 3 is 3.00 bits per heavy atom. The molecule has 3 rings (SSSR count). The molecule has 6 heteroatoms. The monoisotopic (exact) mass is 290 g/mol. The molecule has 0 aliphatic carbocycles. The SMILES string of the molecule is CCNCc1cc(COCc2ccc3c(c2)OCO3)on1. The lowest BCUT2D eigenvalue weighted by Crippen LogP contribution is -2.11. The van der Waals surface area contributed by atoms with E-state index in [1.165, 1.54) is 0 Å². The molecule has 21 heavy (non-hydrogen) atoms. The standard InChI is InChI=1S/C15H18N2O4/c1-2-16-7-12-6-13(21-17-12)9-18-8-11-3-4-14-15(5-11)20-10-19-14/h3-6,16H,2,7-10H2,1H3. The second kappa shape index (κ2) is 6.60. The smallest absolute Gasteiger partial charge is 0.231 e. The average molecular weight is 290 g/mol. The van der Waals surface area contributed by atoms with Crippen molar-refractivity contribution in [2.24, 2.45) is 0 Å². The van der Waals surface area contributed by atoms with Crippen molar-refractivity contribution in [2.45, 2.75) is 26.7 Å². The molecule has 1 aromatic carbocycles. The summed E-state index contributed by atoms with van der Waals surface area (Å²) in [4.78, 5) is 0. The van der Waals surface area contributed by atoms with Crippen LogP contribution in [0.2, 0.25) is 0 Å². The van der Waals surface area contributed by atoms with Crippen molar-refractivity contribution in [3.05, 3.63) is 41.3 Å². The number of nitrogens with one attached hydrogen (secondary N) is 1. The molecular weight excluding hydrogens is 272 g/mol. The maximum absolute atomic E-state index is 5.63. The highest BCUT2D eigenvalue weighted by Gasteiger charge is 2.13. The van der Waals surface area contributed by atoms with Crippen LogP contribution in [0.15, 0.2) is 28.8 Å². The first-order valence-corrected chi connectivity index (χ1v) is 6.96. The van der Waals surface area contributed by atoms with Crippen molar-refractivity contribution >= 4 is 0 Å². The molecule has 1 aliphatic rings. The van der Waals surface area contributed by atoms with Gasteiger partial charge in [0.2, 0.25) is 6.79 Å². The summed E-state index contributed by atoms with van der Waals surface area (Å²) in [5.74, 6) is 2.27. The molecule has 0 saturated carbocycles. The van der Waals surface area contributed by atoms with Gasteiger partial charge in [-0.15, -0.1) is 0 Å². The summed E-state index contributed by atoms with van der Waals surface area (Å²) in [5, 5.41) is 7.17. The van der Waals surface area contributed by atoms with Gasteiger partial charge in [-0.1, -0.05) is 18.1 Å². The third-order valence-corrected chi connectivity index (χ3v) is 3.11. The van der Waals surface area contributed by atoms with Crippen molar-refractivity contribution in [2.75, 3.05) is 13.3 Å². The Kier molecular flexibility index (Phi) is 4.37. The summed E-state index contributed by atoms with van der Waals surface area (Å²) < 4.78 is 21.4. The van der Waals surface area contributed by atoms with Crippen LogP contribution in [0.5, 0.6) is 11.5 Å². The lowest BCUT2D eigenvalue weighted by molar-refractivity contribution is 0.0882. The highest BCUT2D eigenvalue weighted by atomic mass is 16.7. The first-order chi connectivity index (χ1) is 10.3. The Morgan fingerprint density at radius 2 is 2.10 bits per heavy atom. The zero-order chi connectivity index (χ0) is 14.5. The number of rotatable bonds is 7. The average Bonchev–Trinajstić information content (AvgIpc) is 3.13. The van der Waals surface area contributed by atoms with E-state index in [1.54, 1.807) is 0 Å². The molecule has 0 fully saturated rings. The van der Waals surface area contributed by atoms with Gasteiger partial charge in [-0.2, -0.15) is 0 Å². The largest absolute Gasteiger partial charge is 0.454 e. The summed E-state index contributed by atoms with van der Waals surface area (Å²) >= 11 is 0. The number of nitrogens with zero attached hydrogens (tertiary/aromatic N) is 1. The lowest BCUT2D eigenvalue weighted by atomic mass is 10.2. The molecule has 0 spiro atoms. The molecule has 1 aliphatic heterocycles. The van der Waals surface area contributed by atoms with Crippen LogP contribution in [0.25, 0.3) is 0 Å². The highest BCUT2D eigenvalue weighted by Crippen LogP contribution is 2.32. The van der Waals surface area contributed by atoms with Crippen molar-refractivity contribution in [1.82, 2.24) is 10.5 Å². The van der Waals surface area contributed by atoms with Gasteiger partial charge >= 0.3 is 0 Å². The molecule has 0 atom stereocenters. The fourth-order valence-corrected chi connectivity index (χ4v) is 2.06. The van der Waals surface area contributed by atoms with E-state index in [0.717, 1.165) is 35.1 Å². The zero-order valence-corrected chi connectivity index (χ0v) is 11.9. The quantitative estimate of drug-likeness (QED) is 0.843. The molecule has 2 heterocycles. The molecule has 0 saturated heterocycles. The maximum atomic E-state index is 5.63. The summed E-state index contributed by atoms with van der Waals surface area (Å²) in [7, 11) is 0. The van der Waals surface area contributed by atoms with Crippen LogP contribution in [0.1, 0.15) is 23.9 Å². The summed E-state index contributed by atoms with van der Waals surface area (Å²) in [6.45, 7) is 4.83. The summed E-state index contributed by atoms with van der Waals surface area (Å²) in [5.41, 5.74) is 1.92. The number of hydrogen-bond acceptors (Lipinski definition) is 6. The number of benzene rings is 1. The molecule has 0 amide bonds. The lowest BCUT2D eigenvalue weighted by Gasteiger charge is -2.03. The molecule has 1 N–H and O–H groups in total. The third-order valence-electron chi connectivity index (χ3n) is 3.11. The first-order valence-electron chi connectivity index (χ1n) is 6.96. The van der Waals surface area contributed by atoms with Crippen LogP contribution >= 0.6 is 0 Å². The molecule has 0 bridgehead atoms. The van der Waals surface area contributed by atoms with Gasteiger partial charge in [0.05, 0.1) is 12.3 Å². The third kappa shape index (κ3) is 3.53. The highest BCUT2D eigenvalue weighted by molar-refractivity contribution is 5.44. The van der Waals surface area contributed by atoms with Crippen molar-refractivity contribution in [3.8, 4) is 11.5 Å². The summed E-state index contributed by atoms with van der Waals surface area (Å²) in [6.07, 6.45) is 0. The van der Waals surface area contributed by atoms with E-state index in [1.807, 2.05) is 24.3 Å². The second-order valence-electron chi connectivity index (χ2n) is 4.75. The minimum Gasteiger partial charge on any atom is -0.454 e. The predicted octanol–water partition coefficient (Wildman–Crippen LogP) is 2.23. The Bertz CT molecular complexity index is 597. The number of ether oxygens (including phenoxy) is 3.